The summed E-state index contributed by atoms with van der Waals surface area (Å²) in [6.07, 6.45) is 0.726. The molecule has 0 fully saturated rings. The summed E-state index contributed by atoms with van der Waals surface area (Å²) >= 11 is 0. The zero-order chi connectivity index (χ0) is 10.0. The summed E-state index contributed by atoms with van der Waals surface area (Å²) in [4.78, 5) is 24.3. The van der Waals surface area contributed by atoms with Crippen LogP contribution in [0, 0.1) is 5.92 Å². The van der Waals surface area contributed by atoms with E-state index in [1.54, 1.807) is 0 Å². The number of rotatable bonds is 2. The van der Waals surface area contributed by atoms with Crippen molar-refractivity contribution in [2.75, 3.05) is 0 Å². The minimum Gasteiger partial charge on any atom is -0.511 e. The molecule has 0 saturated heterocycles. The van der Waals surface area contributed by atoms with E-state index in [2.05, 4.69) is 4.99 Å². The van der Waals surface area contributed by atoms with Crippen molar-refractivity contribution in [3.8, 4) is 0 Å². The summed E-state index contributed by atoms with van der Waals surface area (Å²) in [7, 11) is 0. The third-order valence-corrected chi connectivity index (χ3v) is 1.61. The van der Waals surface area contributed by atoms with Crippen molar-refractivity contribution in [2.45, 2.75) is 6.42 Å². The van der Waals surface area contributed by atoms with Crippen molar-refractivity contribution < 1.29 is 24.9 Å². The molecule has 70 valence electrons. The van der Waals surface area contributed by atoms with E-state index in [1.165, 1.54) is 0 Å². The molecule has 6 nitrogen and oxygen atoms in total. The summed E-state index contributed by atoms with van der Waals surface area (Å²) in [6, 6.07) is 0. The van der Waals surface area contributed by atoms with Gasteiger partial charge >= 0.3 is 11.9 Å². The van der Waals surface area contributed by atoms with Gasteiger partial charge in [-0.2, -0.15) is 0 Å². The van der Waals surface area contributed by atoms with E-state index >= 15 is 0 Å². The highest BCUT2D eigenvalue weighted by Gasteiger charge is 2.32. The van der Waals surface area contributed by atoms with Gasteiger partial charge in [0.25, 0.3) is 0 Å². The Hall–Kier alpha value is -1.85. The van der Waals surface area contributed by atoms with Crippen LogP contribution in [-0.2, 0) is 9.59 Å². The Morgan fingerprint density at radius 3 is 2.54 bits per heavy atom. The molecule has 0 amide bonds. The monoisotopic (exact) mass is 185 g/mol. The highest BCUT2D eigenvalue weighted by Crippen LogP contribution is 2.17. The van der Waals surface area contributed by atoms with Gasteiger partial charge in [-0.3, -0.25) is 4.79 Å². The number of nitrogens with zero attached hydrogens (tertiary/aromatic N) is 1. The third kappa shape index (κ3) is 1.84. The largest absolute Gasteiger partial charge is 0.511 e. The summed E-state index contributed by atoms with van der Waals surface area (Å²) < 4.78 is 0. The van der Waals surface area contributed by atoms with Crippen molar-refractivity contribution in [3.63, 3.8) is 0 Å². The van der Waals surface area contributed by atoms with Crippen LogP contribution in [0.2, 0.25) is 0 Å². The number of carboxylic acids is 2. The lowest BCUT2D eigenvalue weighted by Crippen LogP contribution is -2.32. The maximum Gasteiger partial charge on any atom is 0.351 e. The number of hydrogen-bond donors (Lipinski definition) is 3. The van der Waals surface area contributed by atoms with E-state index in [1.807, 2.05) is 0 Å². The van der Waals surface area contributed by atoms with Gasteiger partial charge < -0.3 is 15.3 Å². The molecule has 0 spiro atoms. The maximum atomic E-state index is 10.5. The third-order valence-electron chi connectivity index (χ3n) is 1.61. The standard InChI is InChI=1S/C7H7NO5/c9-3-1-4(6(10)11)5(7(12)13)8-2-3/h2,4,9H,1H2,(H,10,11)(H,12,13). The number of carboxylic acid groups (broad SMARTS) is 2. The molecule has 13 heavy (non-hydrogen) atoms. The fraction of sp³-hybridized carbons (Fsp3) is 0.286. The fourth-order valence-corrected chi connectivity index (χ4v) is 1.00. The smallest absolute Gasteiger partial charge is 0.351 e. The molecule has 0 aromatic carbocycles. The Kier molecular flexibility index (Phi) is 2.32. The molecular weight excluding hydrogens is 178 g/mol. The van der Waals surface area contributed by atoms with Gasteiger partial charge in [0.2, 0.25) is 0 Å². The average molecular weight is 185 g/mol. The molecule has 1 rings (SSSR count). The van der Waals surface area contributed by atoms with E-state index in [9.17, 15) is 9.59 Å². The first-order valence-electron chi connectivity index (χ1n) is 3.44. The number of allylic oxidation sites excluding steroid dienone is 1. The zero-order valence-corrected chi connectivity index (χ0v) is 6.47. The van der Waals surface area contributed by atoms with E-state index in [0.717, 1.165) is 6.20 Å². The van der Waals surface area contributed by atoms with Crippen molar-refractivity contribution in [1.29, 1.82) is 0 Å². The Labute approximate surface area is 72.8 Å². The van der Waals surface area contributed by atoms with Crippen LogP contribution < -0.4 is 0 Å². The van der Waals surface area contributed by atoms with Crippen molar-refractivity contribution in [3.05, 3.63) is 12.0 Å². The molecule has 3 N–H and O–H groups in total. The minimum absolute atomic E-state index is 0.222. The molecule has 0 aromatic rings. The Morgan fingerprint density at radius 2 is 2.08 bits per heavy atom. The predicted molar refractivity (Wildman–Crippen MR) is 41.5 cm³/mol. The van der Waals surface area contributed by atoms with Crippen LogP contribution in [0.5, 0.6) is 0 Å². The molecule has 0 bridgehead atoms. The number of aliphatic imine (C=N–C) groups is 1. The molecule has 6 heteroatoms. The molecule has 1 aliphatic heterocycles. The normalized spacial score (nSPS) is 21.7. The van der Waals surface area contributed by atoms with E-state index in [4.69, 9.17) is 15.3 Å². The summed E-state index contributed by atoms with van der Waals surface area (Å²) in [6.45, 7) is 0. The summed E-state index contributed by atoms with van der Waals surface area (Å²) in [5.74, 6) is -4.17. The first-order valence-corrected chi connectivity index (χ1v) is 3.44. The second-order valence-electron chi connectivity index (χ2n) is 2.53. The highest BCUT2D eigenvalue weighted by atomic mass is 16.4. The molecule has 1 heterocycles. The summed E-state index contributed by atoms with van der Waals surface area (Å²) in [5.41, 5.74) is -0.453. The number of aliphatic hydroxyl groups excluding tert-OH is 1. The minimum atomic E-state index is -1.38. The number of aliphatic hydroxyl groups is 1. The zero-order valence-electron chi connectivity index (χ0n) is 6.47. The second kappa shape index (κ2) is 3.26. The highest BCUT2D eigenvalue weighted by molar-refractivity contribution is 6.40. The molecule has 0 aliphatic carbocycles. The number of hydrogen-bond acceptors (Lipinski definition) is 4. The van der Waals surface area contributed by atoms with Gasteiger partial charge in [-0.05, 0) is 0 Å². The Balaban J connectivity index is 2.99. The van der Waals surface area contributed by atoms with Crippen LogP contribution in [0.3, 0.4) is 0 Å². The molecule has 1 unspecified atom stereocenters. The van der Waals surface area contributed by atoms with Crippen LogP contribution in [-0.4, -0.2) is 33.0 Å². The van der Waals surface area contributed by atoms with Gasteiger partial charge in [0.15, 0.2) is 0 Å². The van der Waals surface area contributed by atoms with Crippen molar-refractivity contribution >= 4 is 17.7 Å². The molecular formula is C7H7NO5. The maximum absolute atomic E-state index is 10.5. The van der Waals surface area contributed by atoms with Gasteiger partial charge in [0, 0.05) is 6.42 Å². The van der Waals surface area contributed by atoms with Gasteiger partial charge in [-0.25, -0.2) is 9.79 Å². The van der Waals surface area contributed by atoms with Crippen LogP contribution in [0.4, 0.5) is 0 Å². The lowest BCUT2D eigenvalue weighted by atomic mass is 9.97. The van der Waals surface area contributed by atoms with E-state index < -0.39 is 23.6 Å². The van der Waals surface area contributed by atoms with Crippen molar-refractivity contribution in [2.24, 2.45) is 10.9 Å². The Morgan fingerprint density at radius 1 is 1.46 bits per heavy atom. The molecule has 1 aliphatic rings. The first-order chi connectivity index (χ1) is 6.02. The van der Waals surface area contributed by atoms with Crippen molar-refractivity contribution in [1.82, 2.24) is 0 Å². The number of carbonyl (C=O) groups is 2. The average Bonchev–Trinajstić information content (AvgIpc) is 2.03. The lowest BCUT2D eigenvalue weighted by molar-refractivity contribution is -0.141. The van der Waals surface area contributed by atoms with Gasteiger partial charge in [-0.1, -0.05) is 0 Å². The second-order valence-corrected chi connectivity index (χ2v) is 2.53. The van der Waals surface area contributed by atoms with E-state index in [-0.39, 0.29) is 12.2 Å². The molecule has 0 radical (unpaired) electrons. The SMILES string of the molecule is O=C(O)C1=NC=C(O)CC1C(=O)O. The van der Waals surface area contributed by atoms with E-state index in [0.29, 0.717) is 0 Å². The lowest BCUT2D eigenvalue weighted by Gasteiger charge is -2.14. The Bertz CT molecular complexity index is 317. The first kappa shape index (κ1) is 9.24. The predicted octanol–water partition coefficient (Wildman–Crippen LogP) is 0.0159. The van der Waals surface area contributed by atoms with Crippen LogP contribution in [0.15, 0.2) is 17.0 Å². The van der Waals surface area contributed by atoms with Gasteiger partial charge in [-0.15, -0.1) is 0 Å². The quantitative estimate of drug-likeness (QED) is 0.561. The molecule has 0 saturated carbocycles. The van der Waals surface area contributed by atoms with Crippen LogP contribution in [0.1, 0.15) is 6.42 Å². The van der Waals surface area contributed by atoms with Crippen LogP contribution in [0.25, 0.3) is 0 Å². The molecule has 0 aromatic heterocycles. The number of aliphatic carboxylic acids is 2. The topological polar surface area (TPSA) is 107 Å². The van der Waals surface area contributed by atoms with Gasteiger partial charge in [0.1, 0.15) is 17.4 Å². The fourth-order valence-electron chi connectivity index (χ4n) is 1.00. The van der Waals surface area contributed by atoms with Gasteiger partial charge in [0.05, 0.1) is 6.20 Å². The van der Waals surface area contributed by atoms with Crippen LogP contribution >= 0.6 is 0 Å². The summed E-state index contributed by atoms with van der Waals surface area (Å²) in [5, 5.41) is 26.1. The molecule has 1 atom stereocenters.